The van der Waals surface area contributed by atoms with Gasteiger partial charge in [0.15, 0.2) is 11.0 Å². The fraction of sp³-hybridized carbons (Fsp3) is 0.304. The summed E-state index contributed by atoms with van der Waals surface area (Å²) in [6.07, 6.45) is 1.68. The first-order valence-electron chi connectivity index (χ1n) is 10.6. The Morgan fingerprint density at radius 3 is 2.70 bits per heavy atom. The van der Waals surface area contributed by atoms with Crippen molar-refractivity contribution in [1.82, 2.24) is 14.8 Å². The van der Waals surface area contributed by atoms with E-state index < -0.39 is 5.97 Å². The van der Waals surface area contributed by atoms with E-state index in [1.807, 2.05) is 24.5 Å². The number of benzene rings is 2. The van der Waals surface area contributed by atoms with Crippen LogP contribution in [-0.2, 0) is 16.1 Å². The maximum Gasteiger partial charge on any atom is 0.339 e. The number of phenolic OH excluding ortho intramolecular Hbond substituents is 1. The number of unbranched alkanes of at least 4 members (excludes halogenated alkanes) is 1. The Morgan fingerprint density at radius 1 is 1.18 bits per heavy atom. The van der Waals surface area contributed by atoms with Gasteiger partial charge in [-0.2, -0.15) is 0 Å². The smallest absolute Gasteiger partial charge is 0.339 e. The van der Waals surface area contributed by atoms with Crippen LogP contribution >= 0.6 is 23.4 Å². The van der Waals surface area contributed by atoms with Crippen molar-refractivity contribution in [2.24, 2.45) is 0 Å². The number of halogens is 1. The highest BCUT2D eigenvalue weighted by molar-refractivity contribution is 7.99. The Labute approximate surface area is 201 Å². The summed E-state index contributed by atoms with van der Waals surface area (Å²) < 4.78 is 7.04. The molecule has 0 aliphatic rings. The molecule has 0 bridgehead atoms. The fourth-order valence-electron chi connectivity index (χ4n) is 3.02. The lowest BCUT2D eigenvalue weighted by molar-refractivity contribution is -0.113. The second-order valence-corrected chi connectivity index (χ2v) is 8.44. The largest absolute Gasteiger partial charge is 0.507 e. The van der Waals surface area contributed by atoms with Crippen molar-refractivity contribution in [3.05, 3.63) is 53.1 Å². The van der Waals surface area contributed by atoms with Gasteiger partial charge in [-0.25, -0.2) is 4.79 Å². The number of para-hydroxylation sites is 1. The molecule has 0 unspecified atom stereocenters. The summed E-state index contributed by atoms with van der Waals surface area (Å²) in [5.41, 5.74) is 1.22. The summed E-state index contributed by atoms with van der Waals surface area (Å²) in [4.78, 5) is 24.8. The number of hydrogen-bond acceptors (Lipinski definition) is 7. The van der Waals surface area contributed by atoms with E-state index in [-0.39, 0.29) is 28.0 Å². The van der Waals surface area contributed by atoms with E-state index in [4.69, 9.17) is 16.3 Å². The van der Waals surface area contributed by atoms with E-state index in [0.717, 1.165) is 12.8 Å². The molecule has 0 atom stereocenters. The van der Waals surface area contributed by atoms with Crippen LogP contribution < -0.4 is 5.32 Å². The highest BCUT2D eigenvalue weighted by atomic mass is 35.5. The van der Waals surface area contributed by atoms with Gasteiger partial charge in [-0.3, -0.25) is 4.79 Å². The van der Waals surface area contributed by atoms with Crippen molar-refractivity contribution in [2.45, 2.75) is 38.4 Å². The van der Waals surface area contributed by atoms with Crippen molar-refractivity contribution in [2.75, 3.05) is 17.7 Å². The van der Waals surface area contributed by atoms with E-state index in [1.54, 1.807) is 30.3 Å². The molecule has 10 heteroatoms. The lowest BCUT2D eigenvalue weighted by Crippen LogP contribution is -2.15. The number of thioether (sulfide) groups is 1. The fourth-order valence-corrected chi connectivity index (χ4v) is 4.01. The number of hydrogen-bond donors (Lipinski definition) is 2. The average molecular weight is 489 g/mol. The molecule has 33 heavy (non-hydrogen) atoms. The van der Waals surface area contributed by atoms with Crippen molar-refractivity contribution in [3.63, 3.8) is 0 Å². The third-order valence-corrected chi connectivity index (χ3v) is 6.01. The SMILES string of the molecule is CCCCOC(=O)c1cc(NC(=O)CSc2nnc(-c3ccccc3O)n2CC)ccc1Cl. The predicted molar refractivity (Wildman–Crippen MR) is 129 cm³/mol. The Balaban J connectivity index is 1.65. The Hall–Kier alpha value is -3.04. The number of rotatable bonds is 10. The molecule has 0 saturated heterocycles. The van der Waals surface area contributed by atoms with Gasteiger partial charge in [0.25, 0.3) is 0 Å². The highest BCUT2D eigenvalue weighted by Gasteiger charge is 2.18. The molecule has 0 saturated carbocycles. The van der Waals surface area contributed by atoms with Gasteiger partial charge in [-0.15, -0.1) is 10.2 Å². The minimum absolute atomic E-state index is 0.0812. The number of ether oxygens (including phenoxy) is 1. The summed E-state index contributed by atoms with van der Waals surface area (Å²) in [5.74, 6) is -0.0743. The van der Waals surface area contributed by atoms with Crippen LogP contribution in [0.4, 0.5) is 5.69 Å². The minimum Gasteiger partial charge on any atom is -0.507 e. The van der Waals surface area contributed by atoms with Gasteiger partial charge in [-0.1, -0.05) is 48.8 Å². The third-order valence-electron chi connectivity index (χ3n) is 4.71. The van der Waals surface area contributed by atoms with Gasteiger partial charge in [-0.05, 0) is 43.7 Å². The van der Waals surface area contributed by atoms with E-state index in [0.29, 0.717) is 35.4 Å². The Kier molecular flexibility index (Phi) is 8.73. The van der Waals surface area contributed by atoms with Crippen LogP contribution in [0.3, 0.4) is 0 Å². The van der Waals surface area contributed by atoms with Crippen LogP contribution in [0.25, 0.3) is 11.4 Å². The number of carbonyl (C=O) groups excluding carboxylic acids is 2. The summed E-state index contributed by atoms with van der Waals surface area (Å²) in [7, 11) is 0. The Morgan fingerprint density at radius 2 is 1.97 bits per heavy atom. The third kappa shape index (κ3) is 6.27. The van der Waals surface area contributed by atoms with Gasteiger partial charge in [0.05, 0.1) is 28.5 Å². The summed E-state index contributed by atoms with van der Waals surface area (Å²) in [5, 5.41) is 22.1. The van der Waals surface area contributed by atoms with E-state index in [1.165, 1.54) is 17.8 Å². The van der Waals surface area contributed by atoms with Crippen molar-refractivity contribution < 1.29 is 19.4 Å². The second-order valence-electron chi connectivity index (χ2n) is 7.09. The minimum atomic E-state index is -0.522. The van der Waals surface area contributed by atoms with Gasteiger partial charge in [0.1, 0.15) is 5.75 Å². The zero-order valence-corrected chi connectivity index (χ0v) is 19.9. The molecule has 8 nitrogen and oxygen atoms in total. The monoisotopic (exact) mass is 488 g/mol. The number of amides is 1. The van der Waals surface area contributed by atoms with Gasteiger partial charge in [0.2, 0.25) is 5.91 Å². The molecule has 1 amide bonds. The molecule has 0 aliphatic heterocycles. The number of anilines is 1. The molecule has 3 aromatic rings. The maximum atomic E-state index is 12.5. The summed E-state index contributed by atoms with van der Waals surface area (Å²) in [6.45, 7) is 4.83. The molecular formula is C23H25ClN4O4S. The lowest BCUT2D eigenvalue weighted by atomic mass is 10.2. The van der Waals surface area contributed by atoms with E-state index >= 15 is 0 Å². The first-order chi connectivity index (χ1) is 15.9. The zero-order valence-electron chi connectivity index (χ0n) is 18.4. The number of aromatic nitrogens is 3. The zero-order chi connectivity index (χ0) is 23.8. The summed E-state index contributed by atoms with van der Waals surface area (Å²) in [6, 6.07) is 11.6. The van der Waals surface area contributed by atoms with Crippen molar-refractivity contribution in [3.8, 4) is 17.1 Å². The van der Waals surface area contributed by atoms with Gasteiger partial charge in [0, 0.05) is 12.2 Å². The first kappa shape index (κ1) is 24.6. The van der Waals surface area contributed by atoms with E-state index in [2.05, 4.69) is 15.5 Å². The molecule has 1 heterocycles. The molecule has 2 aromatic carbocycles. The number of nitrogens with zero attached hydrogens (tertiary/aromatic N) is 3. The van der Waals surface area contributed by atoms with Crippen LogP contribution in [0.5, 0.6) is 5.75 Å². The number of esters is 1. The highest BCUT2D eigenvalue weighted by Crippen LogP contribution is 2.30. The molecule has 174 valence electrons. The topological polar surface area (TPSA) is 106 Å². The summed E-state index contributed by atoms with van der Waals surface area (Å²) >= 11 is 7.35. The molecule has 0 aliphatic carbocycles. The van der Waals surface area contributed by atoms with Crippen LogP contribution in [0.15, 0.2) is 47.6 Å². The molecule has 2 N–H and O–H groups in total. The molecule has 1 aromatic heterocycles. The van der Waals surface area contributed by atoms with Crippen LogP contribution in [-0.4, -0.2) is 44.1 Å². The molecule has 0 fully saturated rings. The number of carbonyl (C=O) groups is 2. The van der Waals surface area contributed by atoms with Crippen molar-refractivity contribution >= 4 is 40.9 Å². The first-order valence-corrected chi connectivity index (χ1v) is 11.9. The van der Waals surface area contributed by atoms with Crippen molar-refractivity contribution in [1.29, 1.82) is 0 Å². The van der Waals surface area contributed by atoms with Crippen LogP contribution in [0, 0.1) is 0 Å². The number of phenols is 1. The van der Waals surface area contributed by atoms with Crippen LogP contribution in [0.2, 0.25) is 5.02 Å². The average Bonchev–Trinajstić information content (AvgIpc) is 3.22. The standard InChI is InChI=1S/C23H25ClN4O4S/c1-3-5-12-32-22(31)17-13-15(10-11-18(17)24)25-20(30)14-33-23-27-26-21(28(23)4-2)16-8-6-7-9-19(16)29/h6-11,13,29H,3-5,12,14H2,1-2H3,(H,25,30). The number of aromatic hydroxyl groups is 1. The predicted octanol–water partition coefficient (Wildman–Crippen LogP) is 5.01. The van der Waals surface area contributed by atoms with Gasteiger partial charge < -0.3 is 19.7 Å². The number of nitrogens with one attached hydrogen (secondary N) is 1. The van der Waals surface area contributed by atoms with Crippen LogP contribution in [0.1, 0.15) is 37.0 Å². The second kappa shape index (κ2) is 11.7. The molecule has 0 spiro atoms. The lowest BCUT2D eigenvalue weighted by Gasteiger charge is -2.10. The van der Waals surface area contributed by atoms with E-state index in [9.17, 15) is 14.7 Å². The maximum absolute atomic E-state index is 12.5. The quantitative estimate of drug-likeness (QED) is 0.234. The Bertz CT molecular complexity index is 1140. The molecule has 0 radical (unpaired) electrons. The molecule has 3 rings (SSSR count). The normalized spacial score (nSPS) is 10.8. The van der Waals surface area contributed by atoms with Gasteiger partial charge >= 0.3 is 5.97 Å². The molecular weight excluding hydrogens is 464 g/mol.